The van der Waals surface area contributed by atoms with Crippen molar-refractivity contribution in [1.29, 1.82) is 0 Å². The SMILES string of the molecule is CC(C)(C)c1cn2cc(Cl)cc(N)c2n1. The summed E-state index contributed by atoms with van der Waals surface area (Å²) < 4.78 is 1.87. The Morgan fingerprint density at radius 3 is 2.60 bits per heavy atom. The van der Waals surface area contributed by atoms with E-state index < -0.39 is 0 Å². The Balaban J connectivity index is 2.71. The van der Waals surface area contributed by atoms with Crippen LogP contribution in [0.4, 0.5) is 5.69 Å². The molecule has 0 bridgehead atoms. The molecule has 4 heteroatoms. The van der Waals surface area contributed by atoms with Crippen LogP contribution in [0.5, 0.6) is 0 Å². The monoisotopic (exact) mass is 223 g/mol. The zero-order valence-electron chi connectivity index (χ0n) is 9.08. The Labute approximate surface area is 93.9 Å². The fourth-order valence-corrected chi connectivity index (χ4v) is 1.67. The third-order valence-corrected chi connectivity index (χ3v) is 2.52. The molecule has 0 aliphatic heterocycles. The van der Waals surface area contributed by atoms with Gasteiger partial charge in [0, 0.05) is 17.8 Å². The smallest absolute Gasteiger partial charge is 0.160 e. The number of halogens is 1. The van der Waals surface area contributed by atoms with Gasteiger partial charge >= 0.3 is 0 Å². The molecule has 0 unspecified atom stereocenters. The summed E-state index contributed by atoms with van der Waals surface area (Å²) in [6, 6.07) is 1.72. The van der Waals surface area contributed by atoms with Gasteiger partial charge in [0.15, 0.2) is 5.65 Å². The van der Waals surface area contributed by atoms with Crippen molar-refractivity contribution in [2.45, 2.75) is 26.2 Å². The number of aromatic nitrogens is 2. The summed E-state index contributed by atoms with van der Waals surface area (Å²) >= 11 is 5.92. The molecule has 2 heterocycles. The maximum Gasteiger partial charge on any atom is 0.160 e. The minimum atomic E-state index is 0.0188. The molecule has 3 nitrogen and oxygen atoms in total. The molecular formula is C11H14ClN3. The highest BCUT2D eigenvalue weighted by Gasteiger charge is 2.18. The summed E-state index contributed by atoms with van der Waals surface area (Å²) in [5.41, 5.74) is 8.25. The van der Waals surface area contributed by atoms with Crippen LogP contribution in [-0.2, 0) is 5.41 Å². The van der Waals surface area contributed by atoms with Gasteiger partial charge in [-0.3, -0.25) is 0 Å². The molecular weight excluding hydrogens is 210 g/mol. The number of hydrogen-bond donors (Lipinski definition) is 1. The Kier molecular flexibility index (Phi) is 2.15. The van der Waals surface area contributed by atoms with Crippen LogP contribution < -0.4 is 5.73 Å². The van der Waals surface area contributed by atoms with Gasteiger partial charge in [-0.25, -0.2) is 4.98 Å². The molecule has 80 valence electrons. The minimum absolute atomic E-state index is 0.0188. The summed E-state index contributed by atoms with van der Waals surface area (Å²) in [5.74, 6) is 0. The molecule has 2 aromatic rings. The molecule has 2 rings (SSSR count). The number of imidazole rings is 1. The first-order valence-electron chi connectivity index (χ1n) is 4.82. The van der Waals surface area contributed by atoms with Gasteiger partial charge in [-0.1, -0.05) is 32.4 Å². The van der Waals surface area contributed by atoms with Gasteiger partial charge in [0.1, 0.15) is 0 Å². The van der Waals surface area contributed by atoms with E-state index in [1.165, 1.54) is 0 Å². The predicted molar refractivity (Wildman–Crippen MR) is 63.3 cm³/mol. The molecule has 0 atom stereocenters. The molecule has 2 aromatic heterocycles. The molecule has 0 radical (unpaired) electrons. The van der Waals surface area contributed by atoms with E-state index in [1.54, 1.807) is 6.07 Å². The van der Waals surface area contributed by atoms with Crippen LogP contribution in [0.2, 0.25) is 5.02 Å². The molecule has 15 heavy (non-hydrogen) atoms. The van der Waals surface area contributed by atoms with Gasteiger partial charge in [0.2, 0.25) is 0 Å². The maximum atomic E-state index is 5.92. The first-order chi connectivity index (χ1) is 6.88. The molecule has 0 fully saturated rings. The number of hydrogen-bond acceptors (Lipinski definition) is 2. The van der Waals surface area contributed by atoms with Crippen LogP contribution in [0.25, 0.3) is 5.65 Å². The van der Waals surface area contributed by atoms with Gasteiger partial charge in [-0.15, -0.1) is 0 Å². The Bertz CT molecular complexity index is 508. The minimum Gasteiger partial charge on any atom is -0.396 e. The number of rotatable bonds is 0. The molecule has 0 saturated heterocycles. The number of pyridine rings is 1. The Morgan fingerprint density at radius 2 is 2.00 bits per heavy atom. The summed E-state index contributed by atoms with van der Waals surface area (Å²) in [6.07, 6.45) is 3.78. The van der Waals surface area contributed by atoms with Crippen molar-refractivity contribution in [3.8, 4) is 0 Å². The summed E-state index contributed by atoms with van der Waals surface area (Å²) in [4.78, 5) is 4.50. The van der Waals surface area contributed by atoms with Gasteiger partial charge in [-0.2, -0.15) is 0 Å². The zero-order valence-corrected chi connectivity index (χ0v) is 9.84. The van der Waals surface area contributed by atoms with Gasteiger partial charge in [0.05, 0.1) is 16.4 Å². The van der Waals surface area contributed by atoms with Crippen molar-refractivity contribution in [2.75, 3.05) is 5.73 Å². The highest BCUT2D eigenvalue weighted by molar-refractivity contribution is 6.30. The van der Waals surface area contributed by atoms with Gasteiger partial charge < -0.3 is 10.1 Å². The second-order valence-electron chi connectivity index (χ2n) is 4.72. The van der Waals surface area contributed by atoms with Crippen molar-refractivity contribution in [2.24, 2.45) is 0 Å². The van der Waals surface area contributed by atoms with Crippen LogP contribution in [0.15, 0.2) is 18.5 Å². The maximum absolute atomic E-state index is 5.92. The van der Waals surface area contributed by atoms with E-state index in [0.717, 1.165) is 11.3 Å². The van der Waals surface area contributed by atoms with E-state index in [4.69, 9.17) is 17.3 Å². The van der Waals surface area contributed by atoms with E-state index >= 15 is 0 Å². The van der Waals surface area contributed by atoms with E-state index in [0.29, 0.717) is 10.7 Å². The second kappa shape index (κ2) is 3.14. The lowest BCUT2D eigenvalue weighted by molar-refractivity contribution is 0.573. The van der Waals surface area contributed by atoms with Crippen LogP contribution in [0.1, 0.15) is 26.5 Å². The quantitative estimate of drug-likeness (QED) is 0.747. The first-order valence-corrected chi connectivity index (χ1v) is 5.20. The van der Waals surface area contributed by atoms with Gasteiger partial charge in [0.25, 0.3) is 0 Å². The largest absolute Gasteiger partial charge is 0.396 e. The first kappa shape index (κ1) is 10.3. The van der Waals surface area contributed by atoms with Crippen LogP contribution in [0, 0.1) is 0 Å². The van der Waals surface area contributed by atoms with Crippen LogP contribution in [0.3, 0.4) is 0 Å². The topological polar surface area (TPSA) is 43.3 Å². The third kappa shape index (κ3) is 1.79. The fourth-order valence-electron chi connectivity index (χ4n) is 1.45. The fraction of sp³-hybridized carbons (Fsp3) is 0.364. The van der Waals surface area contributed by atoms with Crippen molar-refractivity contribution < 1.29 is 0 Å². The van der Waals surface area contributed by atoms with Crippen LogP contribution >= 0.6 is 11.6 Å². The molecule has 0 aromatic carbocycles. The summed E-state index contributed by atoms with van der Waals surface area (Å²) in [5, 5.41) is 0.623. The molecule has 0 amide bonds. The average Bonchev–Trinajstić information content (AvgIpc) is 2.46. The lowest BCUT2D eigenvalue weighted by Crippen LogP contribution is -2.11. The number of anilines is 1. The van der Waals surface area contributed by atoms with E-state index in [2.05, 4.69) is 25.8 Å². The zero-order chi connectivity index (χ0) is 11.2. The molecule has 0 aliphatic carbocycles. The molecule has 0 saturated carbocycles. The lowest BCUT2D eigenvalue weighted by Gasteiger charge is -2.13. The summed E-state index contributed by atoms with van der Waals surface area (Å²) in [6.45, 7) is 6.35. The Morgan fingerprint density at radius 1 is 1.33 bits per heavy atom. The van der Waals surface area contributed by atoms with E-state index in [1.807, 2.05) is 16.8 Å². The molecule has 0 aliphatic rings. The predicted octanol–water partition coefficient (Wildman–Crippen LogP) is 2.87. The second-order valence-corrected chi connectivity index (χ2v) is 5.16. The van der Waals surface area contributed by atoms with E-state index in [-0.39, 0.29) is 5.41 Å². The number of fused-ring (bicyclic) bond motifs is 1. The van der Waals surface area contributed by atoms with E-state index in [9.17, 15) is 0 Å². The average molecular weight is 224 g/mol. The van der Waals surface area contributed by atoms with Crippen molar-refractivity contribution in [1.82, 2.24) is 9.38 Å². The number of nitrogens with zero attached hydrogens (tertiary/aromatic N) is 2. The van der Waals surface area contributed by atoms with Gasteiger partial charge in [-0.05, 0) is 6.07 Å². The number of nitrogens with two attached hydrogens (primary N) is 1. The van der Waals surface area contributed by atoms with Crippen molar-refractivity contribution >= 4 is 22.9 Å². The summed E-state index contributed by atoms with van der Waals surface area (Å²) in [7, 11) is 0. The normalized spacial score (nSPS) is 12.3. The van der Waals surface area contributed by atoms with Crippen LogP contribution in [-0.4, -0.2) is 9.38 Å². The lowest BCUT2D eigenvalue weighted by atomic mass is 9.93. The number of nitrogen functional groups attached to an aromatic ring is 1. The Hall–Kier alpha value is -1.22. The van der Waals surface area contributed by atoms with Crippen molar-refractivity contribution in [3.05, 3.63) is 29.2 Å². The third-order valence-electron chi connectivity index (χ3n) is 2.31. The molecule has 0 spiro atoms. The van der Waals surface area contributed by atoms with Crippen molar-refractivity contribution in [3.63, 3.8) is 0 Å². The standard InChI is InChI=1S/C11H14ClN3/c1-11(2,3)9-6-15-5-7(12)4-8(13)10(15)14-9/h4-6H,13H2,1-3H3. The highest BCUT2D eigenvalue weighted by Crippen LogP contribution is 2.25. The molecule has 2 N–H and O–H groups in total. The highest BCUT2D eigenvalue weighted by atomic mass is 35.5.